The summed E-state index contributed by atoms with van der Waals surface area (Å²) >= 11 is 5.99. The molecule has 0 saturated heterocycles. The second kappa shape index (κ2) is 9.28. The molecule has 9 heteroatoms. The lowest BCUT2D eigenvalue weighted by molar-refractivity contribution is 0.0705. The van der Waals surface area contributed by atoms with E-state index in [9.17, 15) is 18.3 Å². The quantitative estimate of drug-likeness (QED) is 0.571. The van der Waals surface area contributed by atoms with E-state index < -0.39 is 10.0 Å². The van der Waals surface area contributed by atoms with Crippen molar-refractivity contribution in [3.8, 4) is 0 Å². The molecule has 2 aromatic carbocycles. The van der Waals surface area contributed by atoms with Crippen LogP contribution in [0, 0.1) is 0 Å². The fourth-order valence-electron chi connectivity index (χ4n) is 3.70. The first kappa shape index (κ1) is 22.3. The SMILES string of the molecule is O=C1c2cc(N(Cc3ccc(Cl)cc3)S(=O)(=O)c3cccnc3)ccc2CCN1CCO. The summed E-state index contributed by atoms with van der Waals surface area (Å²) in [4.78, 5) is 18.5. The molecule has 0 radical (unpaired) electrons. The summed E-state index contributed by atoms with van der Waals surface area (Å²) in [7, 11) is -3.96. The summed E-state index contributed by atoms with van der Waals surface area (Å²) in [5, 5.41) is 9.80. The molecule has 0 unspecified atom stereocenters. The Morgan fingerprint density at radius 2 is 1.91 bits per heavy atom. The number of carbonyl (C=O) groups is 1. The molecule has 1 aliphatic heterocycles. The number of aliphatic hydroxyl groups excluding tert-OH is 1. The third-order valence-electron chi connectivity index (χ3n) is 5.38. The van der Waals surface area contributed by atoms with Gasteiger partial charge in [-0.25, -0.2) is 8.42 Å². The van der Waals surface area contributed by atoms with Crippen LogP contribution in [-0.2, 0) is 23.0 Å². The molecular weight excluding hydrogens is 450 g/mol. The van der Waals surface area contributed by atoms with Crippen molar-refractivity contribution in [3.05, 3.63) is 88.7 Å². The molecule has 7 nitrogen and oxygen atoms in total. The zero-order valence-electron chi connectivity index (χ0n) is 17.2. The van der Waals surface area contributed by atoms with Gasteiger partial charge in [0.25, 0.3) is 15.9 Å². The van der Waals surface area contributed by atoms with E-state index in [2.05, 4.69) is 4.98 Å². The van der Waals surface area contributed by atoms with E-state index >= 15 is 0 Å². The number of fused-ring (bicyclic) bond motifs is 1. The van der Waals surface area contributed by atoms with E-state index in [0.29, 0.717) is 29.2 Å². The van der Waals surface area contributed by atoms with Crippen molar-refractivity contribution >= 4 is 33.2 Å². The van der Waals surface area contributed by atoms with Crippen LogP contribution in [0.1, 0.15) is 21.5 Å². The Morgan fingerprint density at radius 3 is 2.59 bits per heavy atom. The maximum absolute atomic E-state index is 13.6. The van der Waals surface area contributed by atoms with Crippen LogP contribution in [0.25, 0.3) is 0 Å². The molecule has 0 aliphatic carbocycles. The van der Waals surface area contributed by atoms with Gasteiger partial charge in [0.15, 0.2) is 0 Å². The first-order valence-electron chi connectivity index (χ1n) is 10.1. The average molecular weight is 472 g/mol. The molecule has 0 atom stereocenters. The Bertz CT molecular complexity index is 1220. The molecule has 4 rings (SSSR count). The van der Waals surface area contributed by atoms with Gasteiger partial charge in [-0.2, -0.15) is 0 Å². The van der Waals surface area contributed by atoms with Crippen LogP contribution >= 0.6 is 11.6 Å². The van der Waals surface area contributed by atoms with Crippen LogP contribution in [0.15, 0.2) is 71.9 Å². The maximum Gasteiger partial charge on any atom is 0.266 e. The van der Waals surface area contributed by atoms with E-state index in [1.54, 1.807) is 53.4 Å². The minimum absolute atomic E-state index is 0.0555. The first-order valence-corrected chi connectivity index (χ1v) is 11.9. The smallest absolute Gasteiger partial charge is 0.266 e. The van der Waals surface area contributed by atoms with E-state index in [4.69, 9.17) is 11.6 Å². The van der Waals surface area contributed by atoms with Crippen LogP contribution in [-0.4, -0.2) is 49.0 Å². The second-order valence-electron chi connectivity index (χ2n) is 7.43. The Morgan fingerprint density at radius 1 is 1.12 bits per heavy atom. The summed E-state index contributed by atoms with van der Waals surface area (Å²) in [5.74, 6) is -0.215. The number of β-amino-alcohol motifs (C(OH)–C–C–N with tert-alkyl or cyclic N) is 1. The van der Waals surface area contributed by atoms with Crippen molar-refractivity contribution in [2.45, 2.75) is 17.9 Å². The number of amides is 1. The van der Waals surface area contributed by atoms with Gasteiger partial charge < -0.3 is 10.0 Å². The fourth-order valence-corrected chi connectivity index (χ4v) is 5.23. The number of halogens is 1. The number of rotatable bonds is 7. The van der Waals surface area contributed by atoms with Crippen molar-refractivity contribution < 1.29 is 18.3 Å². The van der Waals surface area contributed by atoms with Gasteiger partial charge in [0.1, 0.15) is 4.90 Å². The highest BCUT2D eigenvalue weighted by atomic mass is 35.5. The van der Waals surface area contributed by atoms with Crippen LogP contribution < -0.4 is 4.31 Å². The van der Waals surface area contributed by atoms with Gasteiger partial charge in [0, 0.05) is 36.1 Å². The van der Waals surface area contributed by atoms with Gasteiger partial charge in [-0.3, -0.25) is 14.1 Å². The van der Waals surface area contributed by atoms with Crippen molar-refractivity contribution in [1.29, 1.82) is 0 Å². The van der Waals surface area contributed by atoms with Crippen LogP contribution in [0.4, 0.5) is 5.69 Å². The number of anilines is 1. The standard InChI is InChI=1S/C23H22ClN3O4S/c24-19-6-3-17(4-7-19)16-27(32(30,31)21-2-1-10-25-15-21)20-8-5-18-9-11-26(12-13-28)23(29)22(18)14-20/h1-8,10,14-15,28H,9,11-13,16H2. The van der Waals surface area contributed by atoms with Crippen LogP contribution in [0.3, 0.4) is 0 Å². The molecule has 166 valence electrons. The molecule has 32 heavy (non-hydrogen) atoms. The summed E-state index contributed by atoms with van der Waals surface area (Å²) in [6.45, 7) is 0.694. The predicted octanol–water partition coefficient (Wildman–Crippen LogP) is 3.12. The maximum atomic E-state index is 13.6. The lowest BCUT2D eigenvalue weighted by atomic mass is 9.98. The molecule has 0 bridgehead atoms. The topological polar surface area (TPSA) is 90.8 Å². The first-order chi connectivity index (χ1) is 15.4. The molecule has 1 amide bonds. The highest BCUT2D eigenvalue weighted by molar-refractivity contribution is 7.92. The molecule has 1 aliphatic rings. The van der Waals surface area contributed by atoms with E-state index in [0.717, 1.165) is 11.1 Å². The Labute approximate surface area is 191 Å². The van der Waals surface area contributed by atoms with E-state index in [1.807, 2.05) is 0 Å². The monoisotopic (exact) mass is 471 g/mol. The third-order valence-corrected chi connectivity index (χ3v) is 7.39. The summed E-state index contributed by atoms with van der Waals surface area (Å²) in [6, 6.07) is 15.1. The average Bonchev–Trinajstić information content (AvgIpc) is 2.81. The number of nitrogens with zero attached hydrogens (tertiary/aromatic N) is 3. The van der Waals surface area contributed by atoms with Crippen LogP contribution in [0.5, 0.6) is 0 Å². The Kier molecular flexibility index (Phi) is 6.45. The lowest BCUT2D eigenvalue weighted by Gasteiger charge is -2.30. The lowest BCUT2D eigenvalue weighted by Crippen LogP contribution is -2.39. The summed E-state index contributed by atoms with van der Waals surface area (Å²) < 4.78 is 28.4. The Balaban J connectivity index is 1.78. The molecule has 2 heterocycles. The number of aliphatic hydroxyl groups is 1. The van der Waals surface area contributed by atoms with Gasteiger partial charge in [-0.1, -0.05) is 29.8 Å². The summed E-state index contributed by atoms with van der Waals surface area (Å²) in [5.41, 5.74) is 2.43. The molecular formula is C23H22ClN3O4S. The summed E-state index contributed by atoms with van der Waals surface area (Å²) in [6.07, 6.45) is 3.46. The number of sulfonamides is 1. The predicted molar refractivity (Wildman–Crippen MR) is 122 cm³/mol. The van der Waals surface area contributed by atoms with Gasteiger partial charge in [-0.15, -0.1) is 0 Å². The highest BCUT2D eigenvalue weighted by Crippen LogP contribution is 2.30. The normalized spacial score (nSPS) is 13.7. The molecule has 0 fully saturated rings. The van der Waals surface area contributed by atoms with E-state index in [-0.39, 0.29) is 30.5 Å². The fraction of sp³-hybridized carbons (Fsp3) is 0.217. The number of pyridine rings is 1. The van der Waals surface area contributed by atoms with Gasteiger partial charge in [0.05, 0.1) is 18.8 Å². The molecule has 0 saturated carbocycles. The molecule has 0 spiro atoms. The van der Waals surface area contributed by atoms with Gasteiger partial charge >= 0.3 is 0 Å². The van der Waals surface area contributed by atoms with Gasteiger partial charge in [0.2, 0.25) is 0 Å². The van der Waals surface area contributed by atoms with Crippen molar-refractivity contribution in [1.82, 2.24) is 9.88 Å². The number of carbonyl (C=O) groups excluding carboxylic acids is 1. The number of hydrogen-bond donors (Lipinski definition) is 1. The largest absolute Gasteiger partial charge is 0.395 e. The van der Waals surface area contributed by atoms with E-state index in [1.165, 1.54) is 22.8 Å². The van der Waals surface area contributed by atoms with Crippen molar-refractivity contribution in [2.24, 2.45) is 0 Å². The molecule has 1 aromatic heterocycles. The number of aromatic nitrogens is 1. The van der Waals surface area contributed by atoms with Crippen molar-refractivity contribution in [2.75, 3.05) is 24.0 Å². The van der Waals surface area contributed by atoms with Gasteiger partial charge in [-0.05, 0) is 53.9 Å². The number of benzene rings is 2. The molecule has 3 aromatic rings. The van der Waals surface area contributed by atoms with Crippen molar-refractivity contribution in [3.63, 3.8) is 0 Å². The Hall–Kier alpha value is -2.94. The highest BCUT2D eigenvalue weighted by Gasteiger charge is 2.29. The third kappa shape index (κ3) is 4.48. The zero-order chi connectivity index (χ0) is 22.7. The number of hydrogen-bond acceptors (Lipinski definition) is 5. The van der Waals surface area contributed by atoms with Crippen LogP contribution in [0.2, 0.25) is 5.02 Å². The second-order valence-corrected chi connectivity index (χ2v) is 9.73. The molecule has 1 N–H and O–H groups in total. The minimum Gasteiger partial charge on any atom is -0.395 e. The zero-order valence-corrected chi connectivity index (χ0v) is 18.8. The minimum atomic E-state index is -3.96.